The second-order valence-electron chi connectivity index (χ2n) is 5.67. The molecule has 0 unspecified atom stereocenters. The van der Waals surface area contributed by atoms with Gasteiger partial charge in [0.2, 0.25) is 5.91 Å². The molecule has 0 aliphatic carbocycles. The molecule has 0 saturated carbocycles. The first-order valence-corrected chi connectivity index (χ1v) is 7.40. The molecule has 130 valence electrons. The number of carbonyl (C=O) groups is 4. The Labute approximate surface area is 139 Å². The van der Waals surface area contributed by atoms with E-state index in [1.807, 2.05) is 13.8 Å². The lowest BCUT2D eigenvalue weighted by Crippen LogP contribution is -2.42. The summed E-state index contributed by atoms with van der Waals surface area (Å²) >= 11 is 0. The zero-order valence-corrected chi connectivity index (χ0v) is 13.8. The minimum atomic E-state index is -1.14. The molecule has 8 heteroatoms. The van der Waals surface area contributed by atoms with Gasteiger partial charge in [0.25, 0.3) is 0 Å². The first kappa shape index (κ1) is 19.1. The highest BCUT2D eigenvalue weighted by molar-refractivity contribution is 6.40. The molecule has 8 nitrogen and oxygen atoms in total. The third-order valence-electron chi connectivity index (χ3n) is 3.06. The van der Waals surface area contributed by atoms with Gasteiger partial charge in [0.1, 0.15) is 0 Å². The number of nitrogens with one attached hydrogen (secondary N) is 3. The molecular weight excluding hydrogens is 314 g/mol. The summed E-state index contributed by atoms with van der Waals surface area (Å²) in [5, 5.41) is 16.1. The van der Waals surface area contributed by atoms with Gasteiger partial charge in [-0.2, -0.15) is 0 Å². The molecule has 24 heavy (non-hydrogen) atoms. The molecule has 3 amide bonds. The van der Waals surface area contributed by atoms with Gasteiger partial charge < -0.3 is 21.1 Å². The summed E-state index contributed by atoms with van der Waals surface area (Å²) in [7, 11) is 0. The number of rotatable bonds is 6. The topological polar surface area (TPSA) is 125 Å². The lowest BCUT2D eigenvalue weighted by atomic mass is 10.1. The maximum Gasteiger partial charge on any atom is 0.335 e. The normalized spacial score (nSPS) is 10.2. The van der Waals surface area contributed by atoms with E-state index < -0.39 is 23.7 Å². The molecule has 0 atom stereocenters. The number of amides is 3. The minimum absolute atomic E-state index is 0.00984. The van der Waals surface area contributed by atoms with Crippen molar-refractivity contribution in [3.8, 4) is 0 Å². The van der Waals surface area contributed by atoms with Gasteiger partial charge in [0.15, 0.2) is 0 Å². The van der Waals surface area contributed by atoms with Crippen LogP contribution in [0.15, 0.2) is 18.2 Å². The molecule has 0 aliphatic heterocycles. The van der Waals surface area contributed by atoms with Crippen LogP contribution in [0.2, 0.25) is 0 Å². The summed E-state index contributed by atoms with van der Waals surface area (Å²) in [5.41, 5.74) is 0.819. The number of carbonyl (C=O) groups excluding carboxylic acids is 3. The third kappa shape index (κ3) is 6.07. The van der Waals surface area contributed by atoms with Crippen molar-refractivity contribution >= 4 is 29.4 Å². The lowest BCUT2D eigenvalue weighted by Gasteiger charge is -2.10. The highest BCUT2D eigenvalue weighted by Crippen LogP contribution is 2.16. The Kier molecular flexibility index (Phi) is 6.91. The van der Waals surface area contributed by atoms with Gasteiger partial charge in [-0.05, 0) is 30.5 Å². The summed E-state index contributed by atoms with van der Waals surface area (Å²) in [5.74, 6) is -3.21. The molecule has 0 heterocycles. The van der Waals surface area contributed by atoms with Crippen LogP contribution in [-0.2, 0) is 14.4 Å². The van der Waals surface area contributed by atoms with Gasteiger partial charge in [0.05, 0.1) is 12.1 Å². The largest absolute Gasteiger partial charge is 0.478 e. The van der Waals surface area contributed by atoms with Crippen molar-refractivity contribution in [1.82, 2.24) is 10.6 Å². The van der Waals surface area contributed by atoms with Crippen LogP contribution in [0.25, 0.3) is 0 Å². The number of aryl methyl sites for hydroxylation is 1. The lowest BCUT2D eigenvalue weighted by molar-refractivity contribution is -0.136. The zero-order valence-electron chi connectivity index (χ0n) is 13.8. The predicted molar refractivity (Wildman–Crippen MR) is 87.6 cm³/mol. The van der Waals surface area contributed by atoms with E-state index in [2.05, 4.69) is 16.0 Å². The quantitative estimate of drug-likeness (QED) is 0.564. The fourth-order valence-electron chi connectivity index (χ4n) is 1.69. The first-order chi connectivity index (χ1) is 11.2. The fraction of sp³-hybridized carbons (Fsp3) is 0.375. The Morgan fingerprint density at radius 1 is 1.08 bits per heavy atom. The standard InChI is InChI=1S/C16H21N3O5/c1-9(2)7-17-13(20)8-18-14(21)15(22)19-12-6-11(16(23)24)5-4-10(12)3/h4-6,9H,7-8H2,1-3H3,(H,17,20)(H,18,21)(H,19,22)(H,23,24). The van der Waals surface area contributed by atoms with Gasteiger partial charge in [0, 0.05) is 12.2 Å². The number of benzene rings is 1. The van der Waals surface area contributed by atoms with Crippen LogP contribution in [0, 0.1) is 12.8 Å². The second kappa shape index (κ2) is 8.66. The van der Waals surface area contributed by atoms with Crippen molar-refractivity contribution in [2.75, 3.05) is 18.4 Å². The predicted octanol–water partition coefficient (Wildman–Crippen LogP) is 0.520. The molecule has 1 aromatic rings. The average Bonchev–Trinajstić information content (AvgIpc) is 2.52. The molecule has 1 rings (SSSR count). The van der Waals surface area contributed by atoms with E-state index in [4.69, 9.17) is 5.11 Å². The van der Waals surface area contributed by atoms with E-state index in [0.29, 0.717) is 12.1 Å². The van der Waals surface area contributed by atoms with Crippen molar-refractivity contribution in [1.29, 1.82) is 0 Å². The van der Waals surface area contributed by atoms with Crippen LogP contribution in [0.5, 0.6) is 0 Å². The monoisotopic (exact) mass is 335 g/mol. The molecule has 0 spiro atoms. The van der Waals surface area contributed by atoms with Crippen molar-refractivity contribution in [2.45, 2.75) is 20.8 Å². The summed E-state index contributed by atoms with van der Waals surface area (Å²) in [6, 6.07) is 4.18. The van der Waals surface area contributed by atoms with Gasteiger partial charge in [-0.15, -0.1) is 0 Å². The maximum atomic E-state index is 11.8. The number of hydrogen-bond donors (Lipinski definition) is 4. The van der Waals surface area contributed by atoms with E-state index in [-0.39, 0.29) is 23.7 Å². The Morgan fingerprint density at radius 2 is 1.75 bits per heavy atom. The highest BCUT2D eigenvalue weighted by atomic mass is 16.4. The number of carboxylic acid groups (broad SMARTS) is 1. The van der Waals surface area contributed by atoms with Crippen LogP contribution in [0.4, 0.5) is 5.69 Å². The molecule has 0 saturated heterocycles. The molecule has 0 radical (unpaired) electrons. The molecule has 0 fully saturated rings. The van der Waals surface area contributed by atoms with Crippen LogP contribution >= 0.6 is 0 Å². The molecule has 0 aromatic heterocycles. The summed E-state index contributed by atoms with van der Waals surface area (Å²) < 4.78 is 0. The van der Waals surface area contributed by atoms with E-state index in [1.54, 1.807) is 6.92 Å². The minimum Gasteiger partial charge on any atom is -0.478 e. The Morgan fingerprint density at radius 3 is 2.33 bits per heavy atom. The van der Waals surface area contributed by atoms with Crippen LogP contribution < -0.4 is 16.0 Å². The summed E-state index contributed by atoms with van der Waals surface area (Å²) in [4.78, 5) is 45.9. The SMILES string of the molecule is Cc1ccc(C(=O)O)cc1NC(=O)C(=O)NCC(=O)NCC(C)C. The van der Waals surface area contributed by atoms with E-state index >= 15 is 0 Å². The Bertz CT molecular complexity index is 655. The van der Waals surface area contributed by atoms with Crippen LogP contribution in [-0.4, -0.2) is 41.9 Å². The van der Waals surface area contributed by atoms with E-state index in [1.165, 1.54) is 18.2 Å². The smallest absolute Gasteiger partial charge is 0.335 e. The maximum absolute atomic E-state index is 11.8. The van der Waals surface area contributed by atoms with E-state index in [0.717, 1.165) is 0 Å². The van der Waals surface area contributed by atoms with Crippen LogP contribution in [0.1, 0.15) is 29.8 Å². The average molecular weight is 335 g/mol. The van der Waals surface area contributed by atoms with Crippen molar-refractivity contribution in [2.24, 2.45) is 5.92 Å². The van der Waals surface area contributed by atoms with E-state index in [9.17, 15) is 19.2 Å². The van der Waals surface area contributed by atoms with Gasteiger partial charge in [-0.1, -0.05) is 19.9 Å². The van der Waals surface area contributed by atoms with Crippen molar-refractivity contribution in [3.63, 3.8) is 0 Å². The number of carboxylic acids is 1. The zero-order chi connectivity index (χ0) is 18.3. The molecule has 0 bridgehead atoms. The van der Waals surface area contributed by atoms with Crippen LogP contribution in [0.3, 0.4) is 0 Å². The summed E-state index contributed by atoms with van der Waals surface area (Å²) in [6.07, 6.45) is 0. The van der Waals surface area contributed by atoms with Gasteiger partial charge in [-0.3, -0.25) is 14.4 Å². The number of aromatic carboxylic acids is 1. The van der Waals surface area contributed by atoms with Crippen molar-refractivity contribution in [3.05, 3.63) is 29.3 Å². The number of hydrogen-bond acceptors (Lipinski definition) is 4. The Hall–Kier alpha value is -2.90. The van der Waals surface area contributed by atoms with Crippen molar-refractivity contribution < 1.29 is 24.3 Å². The molecule has 0 aliphatic rings. The Balaban J connectivity index is 2.58. The fourth-order valence-corrected chi connectivity index (χ4v) is 1.69. The second-order valence-corrected chi connectivity index (χ2v) is 5.67. The van der Waals surface area contributed by atoms with Gasteiger partial charge >= 0.3 is 17.8 Å². The number of anilines is 1. The third-order valence-corrected chi connectivity index (χ3v) is 3.06. The highest BCUT2D eigenvalue weighted by Gasteiger charge is 2.16. The molecular formula is C16H21N3O5. The summed E-state index contributed by atoms with van der Waals surface area (Å²) in [6.45, 7) is 5.69. The molecule has 1 aromatic carbocycles. The molecule has 4 N–H and O–H groups in total. The first-order valence-electron chi connectivity index (χ1n) is 7.40. The van der Waals surface area contributed by atoms with Gasteiger partial charge in [-0.25, -0.2) is 4.79 Å².